The Labute approximate surface area is 95.1 Å². The lowest BCUT2D eigenvalue weighted by Crippen LogP contribution is -2.48. The van der Waals surface area contributed by atoms with Crippen LogP contribution in [0.4, 0.5) is 0 Å². The van der Waals surface area contributed by atoms with Crippen molar-refractivity contribution in [2.45, 2.75) is 6.92 Å². The third-order valence-electron chi connectivity index (χ3n) is 2.90. The fraction of sp³-hybridized carbons (Fsp3) is 0.545. The summed E-state index contributed by atoms with van der Waals surface area (Å²) in [6, 6.07) is 3.45. The van der Waals surface area contributed by atoms with Gasteiger partial charge in [-0.3, -0.25) is 4.79 Å². The van der Waals surface area contributed by atoms with Gasteiger partial charge in [-0.2, -0.15) is 5.10 Å². The minimum absolute atomic E-state index is 0.0103. The molecule has 0 atom stereocenters. The van der Waals surface area contributed by atoms with E-state index in [9.17, 15) is 4.79 Å². The molecular weight excluding hydrogens is 204 g/mol. The van der Waals surface area contributed by atoms with E-state index in [0.29, 0.717) is 5.69 Å². The summed E-state index contributed by atoms with van der Waals surface area (Å²) in [6.07, 6.45) is 1.58. The number of likely N-dealkylation sites (N-methyl/N-ethyl adjacent to an activating group) is 1. The molecule has 86 valence electrons. The summed E-state index contributed by atoms with van der Waals surface area (Å²) in [4.78, 5) is 16.2. The van der Waals surface area contributed by atoms with Crippen LogP contribution in [0.2, 0.25) is 0 Å². The minimum atomic E-state index is -0.0103. The lowest BCUT2D eigenvalue weighted by Gasteiger charge is -2.33. The maximum atomic E-state index is 12.0. The second kappa shape index (κ2) is 5.03. The largest absolute Gasteiger partial charge is 0.335 e. The van der Waals surface area contributed by atoms with Gasteiger partial charge >= 0.3 is 0 Å². The van der Waals surface area contributed by atoms with Crippen molar-refractivity contribution < 1.29 is 4.79 Å². The van der Waals surface area contributed by atoms with E-state index in [1.165, 1.54) is 0 Å². The summed E-state index contributed by atoms with van der Waals surface area (Å²) in [5.74, 6) is -0.0103. The maximum Gasteiger partial charge on any atom is 0.274 e. The van der Waals surface area contributed by atoms with Crippen molar-refractivity contribution >= 4 is 5.91 Å². The summed E-state index contributed by atoms with van der Waals surface area (Å²) in [5, 5.41) is 7.56. The van der Waals surface area contributed by atoms with Crippen LogP contribution < -0.4 is 0 Å². The second-order valence-corrected chi connectivity index (χ2v) is 3.84. The molecule has 0 saturated carbocycles. The van der Waals surface area contributed by atoms with Gasteiger partial charge in [-0.25, -0.2) is 0 Å². The average Bonchev–Trinajstić information content (AvgIpc) is 2.39. The molecule has 2 rings (SSSR count). The Morgan fingerprint density at radius 1 is 1.38 bits per heavy atom. The number of carbonyl (C=O) groups is 1. The molecule has 1 saturated heterocycles. The molecule has 0 N–H and O–H groups in total. The van der Waals surface area contributed by atoms with Gasteiger partial charge in [-0.1, -0.05) is 6.92 Å². The Morgan fingerprint density at radius 2 is 2.12 bits per heavy atom. The summed E-state index contributed by atoms with van der Waals surface area (Å²) in [6.45, 7) is 6.64. The molecule has 0 bridgehead atoms. The highest BCUT2D eigenvalue weighted by Gasteiger charge is 2.21. The molecule has 16 heavy (non-hydrogen) atoms. The van der Waals surface area contributed by atoms with Crippen LogP contribution in [0.1, 0.15) is 17.4 Å². The number of carbonyl (C=O) groups excluding carboxylic acids is 1. The first kappa shape index (κ1) is 11.0. The van der Waals surface area contributed by atoms with Crippen LogP contribution in [0.25, 0.3) is 0 Å². The highest BCUT2D eigenvalue weighted by molar-refractivity contribution is 5.92. The van der Waals surface area contributed by atoms with E-state index in [2.05, 4.69) is 22.0 Å². The number of piperazine rings is 1. The van der Waals surface area contributed by atoms with Crippen molar-refractivity contribution in [3.8, 4) is 0 Å². The Balaban J connectivity index is 1.97. The predicted octanol–water partition coefficient (Wildman–Crippen LogP) is 0.254. The van der Waals surface area contributed by atoms with Crippen LogP contribution in [-0.2, 0) is 0 Å². The van der Waals surface area contributed by atoms with Gasteiger partial charge < -0.3 is 9.80 Å². The van der Waals surface area contributed by atoms with E-state index in [1.54, 1.807) is 18.3 Å². The van der Waals surface area contributed by atoms with E-state index in [0.717, 1.165) is 32.7 Å². The van der Waals surface area contributed by atoms with Crippen LogP contribution in [0, 0.1) is 0 Å². The lowest BCUT2D eigenvalue weighted by molar-refractivity contribution is 0.0636. The molecule has 0 aliphatic carbocycles. The van der Waals surface area contributed by atoms with E-state index >= 15 is 0 Å². The monoisotopic (exact) mass is 220 g/mol. The highest BCUT2D eigenvalue weighted by atomic mass is 16.2. The topological polar surface area (TPSA) is 49.3 Å². The maximum absolute atomic E-state index is 12.0. The lowest BCUT2D eigenvalue weighted by atomic mass is 10.2. The fourth-order valence-corrected chi connectivity index (χ4v) is 1.84. The number of hydrogen-bond acceptors (Lipinski definition) is 4. The summed E-state index contributed by atoms with van der Waals surface area (Å²) in [7, 11) is 0. The molecule has 1 aliphatic rings. The Kier molecular flexibility index (Phi) is 3.46. The van der Waals surface area contributed by atoms with Gasteiger partial charge in [0.2, 0.25) is 0 Å². The molecule has 1 fully saturated rings. The van der Waals surface area contributed by atoms with E-state index < -0.39 is 0 Å². The van der Waals surface area contributed by atoms with Gasteiger partial charge in [0.15, 0.2) is 5.69 Å². The van der Waals surface area contributed by atoms with Crippen LogP contribution >= 0.6 is 0 Å². The Hall–Kier alpha value is -1.49. The number of nitrogens with zero attached hydrogens (tertiary/aromatic N) is 4. The van der Waals surface area contributed by atoms with Gasteiger partial charge in [0.25, 0.3) is 5.91 Å². The van der Waals surface area contributed by atoms with Gasteiger partial charge in [0, 0.05) is 32.4 Å². The molecule has 0 aromatic carbocycles. The van der Waals surface area contributed by atoms with Crippen LogP contribution in [0.15, 0.2) is 18.3 Å². The van der Waals surface area contributed by atoms with Gasteiger partial charge in [0.05, 0.1) is 0 Å². The number of aromatic nitrogens is 2. The molecule has 1 aromatic heterocycles. The second-order valence-electron chi connectivity index (χ2n) is 3.84. The zero-order valence-electron chi connectivity index (χ0n) is 9.46. The third-order valence-corrected chi connectivity index (χ3v) is 2.90. The van der Waals surface area contributed by atoms with Crippen LogP contribution in [0.3, 0.4) is 0 Å². The SMILES string of the molecule is CCN1CCN(C(=O)c2cccnn2)CC1. The molecular formula is C11H16N4O. The summed E-state index contributed by atoms with van der Waals surface area (Å²) < 4.78 is 0. The zero-order chi connectivity index (χ0) is 11.4. The third kappa shape index (κ3) is 2.36. The minimum Gasteiger partial charge on any atom is -0.335 e. The molecule has 5 heteroatoms. The molecule has 0 unspecified atom stereocenters. The standard InChI is InChI=1S/C11H16N4O/c1-2-14-6-8-15(9-7-14)11(16)10-4-3-5-12-13-10/h3-5H,2,6-9H2,1H3. The molecule has 0 radical (unpaired) electrons. The van der Waals surface area contributed by atoms with Crippen molar-refractivity contribution in [2.75, 3.05) is 32.7 Å². The summed E-state index contributed by atoms with van der Waals surface area (Å²) >= 11 is 0. The highest BCUT2D eigenvalue weighted by Crippen LogP contribution is 2.05. The molecule has 5 nitrogen and oxygen atoms in total. The van der Waals surface area contributed by atoms with Gasteiger partial charge in [-0.15, -0.1) is 5.10 Å². The zero-order valence-corrected chi connectivity index (χ0v) is 9.46. The van der Waals surface area contributed by atoms with Gasteiger partial charge in [0.1, 0.15) is 0 Å². The average molecular weight is 220 g/mol. The van der Waals surface area contributed by atoms with E-state index in [1.807, 2.05) is 4.90 Å². The van der Waals surface area contributed by atoms with Gasteiger partial charge in [-0.05, 0) is 18.7 Å². The Bertz CT molecular complexity index is 346. The molecule has 1 aromatic rings. The first-order valence-corrected chi connectivity index (χ1v) is 5.60. The van der Waals surface area contributed by atoms with Crippen molar-refractivity contribution in [1.29, 1.82) is 0 Å². The fourth-order valence-electron chi connectivity index (χ4n) is 1.84. The van der Waals surface area contributed by atoms with E-state index in [-0.39, 0.29) is 5.91 Å². The first-order chi connectivity index (χ1) is 7.81. The molecule has 1 aliphatic heterocycles. The summed E-state index contributed by atoms with van der Waals surface area (Å²) in [5.41, 5.74) is 0.437. The number of hydrogen-bond donors (Lipinski definition) is 0. The smallest absolute Gasteiger partial charge is 0.274 e. The van der Waals surface area contributed by atoms with Crippen molar-refractivity contribution in [1.82, 2.24) is 20.0 Å². The molecule has 1 amide bonds. The van der Waals surface area contributed by atoms with Crippen molar-refractivity contribution in [3.05, 3.63) is 24.0 Å². The quantitative estimate of drug-likeness (QED) is 0.717. The first-order valence-electron chi connectivity index (χ1n) is 5.60. The van der Waals surface area contributed by atoms with Crippen LogP contribution in [-0.4, -0.2) is 58.6 Å². The van der Waals surface area contributed by atoms with Crippen molar-refractivity contribution in [3.63, 3.8) is 0 Å². The number of amides is 1. The molecule has 2 heterocycles. The molecule has 0 spiro atoms. The predicted molar refractivity (Wildman–Crippen MR) is 60.0 cm³/mol. The Morgan fingerprint density at radius 3 is 2.69 bits per heavy atom. The van der Waals surface area contributed by atoms with E-state index in [4.69, 9.17) is 0 Å². The normalized spacial score (nSPS) is 17.4. The van der Waals surface area contributed by atoms with Crippen molar-refractivity contribution in [2.24, 2.45) is 0 Å². The number of rotatable bonds is 2. The van der Waals surface area contributed by atoms with Crippen LogP contribution in [0.5, 0.6) is 0 Å².